The Hall–Kier alpha value is -3.17. The van der Waals surface area contributed by atoms with E-state index in [0.29, 0.717) is 15.7 Å². The van der Waals surface area contributed by atoms with Crippen molar-refractivity contribution < 1.29 is 22.8 Å². The summed E-state index contributed by atoms with van der Waals surface area (Å²) in [6.07, 6.45) is 1.53. The second-order valence-electron chi connectivity index (χ2n) is 6.43. The highest BCUT2D eigenvalue weighted by Gasteiger charge is 2.32. The van der Waals surface area contributed by atoms with Crippen LogP contribution in [0.2, 0.25) is 0 Å². The summed E-state index contributed by atoms with van der Waals surface area (Å²) in [5.74, 6) is 4.58. The normalized spacial score (nSPS) is 11.0. The van der Waals surface area contributed by atoms with E-state index >= 15 is 0 Å². The number of halogens is 4. The summed E-state index contributed by atoms with van der Waals surface area (Å²) >= 11 is 3.10. The fraction of sp³-hybridized carbons (Fsp3) is 0.190. The molecule has 172 valence electrons. The Labute approximate surface area is 199 Å². The molecule has 0 aliphatic rings. The van der Waals surface area contributed by atoms with Gasteiger partial charge in [-0.1, -0.05) is 11.8 Å². The van der Waals surface area contributed by atoms with Crippen LogP contribution in [0.15, 0.2) is 46.0 Å². The second-order valence-corrected chi connectivity index (χ2v) is 8.34. The summed E-state index contributed by atoms with van der Waals surface area (Å²) in [7, 11) is 2.87. The molecule has 7 nitrogen and oxygen atoms in total. The smallest absolute Gasteiger partial charge is 0.372 e. The van der Waals surface area contributed by atoms with Crippen molar-refractivity contribution in [3.8, 4) is 11.8 Å². The minimum Gasteiger partial charge on any atom is -0.372 e. The number of alkyl halides is 3. The zero-order valence-corrected chi connectivity index (χ0v) is 19.7. The maximum atomic E-state index is 13.1. The van der Waals surface area contributed by atoms with Crippen molar-refractivity contribution in [3.63, 3.8) is 0 Å². The molecule has 3 rings (SSSR count). The largest absolute Gasteiger partial charge is 0.447 e. The first-order valence-corrected chi connectivity index (χ1v) is 11.0. The topological polar surface area (TPSA) is 87.5 Å². The SMILES string of the molecule is CNC(=O)c1ccc(NCC#Cc2cc3c(Br)cccn3c2SC(F)(F)F)c(C(=O)NC)n1. The van der Waals surface area contributed by atoms with E-state index in [-0.39, 0.29) is 40.3 Å². The van der Waals surface area contributed by atoms with E-state index in [1.54, 1.807) is 18.2 Å². The van der Waals surface area contributed by atoms with Gasteiger partial charge in [0.25, 0.3) is 11.8 Å². The molecule has 0 aromatic carbocycles. The number of pyridine rings is 2. The number of amides is 2. The monoisotopic (exact) mass is 539 g/mol. The van der Waals surface area contributed by atoms with Gasteiger partial charge in [-0.2, -0.15) is 13.2 Å². The van der Waals surface area contributed by atoms with Crippen molar-refractivity contribution in [1.82, 2.24) is 20.0 Å². The molecule has 3 N–H and O–H groups in total. The highest BCUT2D eigenvalue weighted by molar-refractivity contribution is 9.10. The highest BCUT2D eigenvalue weighted by atomic mass is 79.9. The molecular weight excluding hydrogens is 523 g/mol. The number of aromatic nitrogens is 2. The van der Waals surface area contributed by atoms with E-state index in [1.807, 2.05) is 0 Å². The van der Waals surface area contributed by atoms with E-state index in [4.69, 9.17) is 0 Å². The van der Waals surface area contributed by atoms with Gasteiger partial charge >= 0.3 is 5.51 Å². The van der Waals surface area contributed by atoms with Gasteiger partial charge in [0.2, 0.25) is 0 Å². The molecule has 0 aliphatic heterocycles. The average molecular weight is 540 g/mol. The number of carbonyl (C=O) groups excluding carboxylic acids is 2. The van der Waals surface area contributed by atoms with Crippen LogP contribution in [0.5, 0.6) is 0 Å². The third-order valence-corrected chi connectivity index (χ3v) is 5.82. The fourth-order valence-corrected chi connectivity index (χ4v) is 4.02. The van der Waals surface area contributed by atoms with Crippen LogP contribution in [-0.4, -0.2) is 47.3 Å². The van der Waals surface area contributed by atoms with Gasteiger partial charge in [-0.25, -0.2) is 4.98 Å². The third-order valence-electron chi connectivity index (χ3n) is 4.31. The van der Waals surface area contributed by atoms with Crippen LogP contribution >= 0.6 is 27.7 Å². The number of nitrogens with one attached hydrogen (secondary N) is 3. The molecule has 2 amide bonds. The number of fused-ring (bicyclic) bond motifs is 1. The molecular formula is C21H17BrF3N5O2S. The molecule has 0 saturated heterocycles. The van der Waals surface area contributed by atoms with E-state index in [2.05, 4.69) is 48.7 Å². The van der Waals surface area contributed by atoms with Gasteiger partial charge in [0.15, 0.2) is 5.69 Å². The molecule has 0 fully saturated rings. The van der Waals surface area contributed by atoms with Crippen LogP contribution in [0.4, 0.5) is 18.9 Å². The number of thioether (sulfide) groups is 1. The maximum absolute atomic E-state index is 13.1. The number of hydrogen-bond acceptors (Lipinski definition) is 5. The minimum atomic E-state index is -4.48. The first-order chi connectivity index (χ1) is 15.6. The first kappa shape index (κ1) is 24.5. The number of carbonyl (C=O) groups is 2. The van der Waals surface area contributed by atoms with Gasteiger partial charge in [0, 0.05) is 36.5 Å². The maximum Gasteiger partial charge on any atom is 0.447 e. The molecule has 0 spiro atoms. The predicted octanol–water partition coefficient (Wildman–Crippen LogP) is 3.89. The van der Waals surface area contributed by atoms with Crippen molar-refractivity contribution in [2.24, 2.45) is 0 Å². The summed E-state index contributed by atoms with van der Waals surface area (Å²) in [4.78, 5) is 28.0. The van der Waals surface area contributed by atoms with Gasteiger partial charge < -0.3 is 20.4 Å². The van der Waals surface area contributed by atoms with Crippen LogP contribution in [-0.2, 0) is 0 Å². The van der Waals surface area contributed by atoms with Gasteiger partial charge in [0.1, 0.15) is 10.7 Å². The quantitative estimate of drug-likeness (QED) is 0.338. The highest BCUT2D eigenvalue weighted by Crippen LogP contribution is 2.40. The molecule has 12 heteroatoms. The molecule has 0 aliphatic carbocycles. The Morgan fingerprint density at radius 3 is 2.58 bits per heavy atom. The molecule has 33 heavy (non-hydrogen) atoms. The molecule has 3 aromatic heterocycles. The molecule has 0 bridgehead atoms. The lowest BCUT2D eigenvalue weighted by molar-refractivity contribution is -0.0329. The van der Waals surface area contributed by atoms with E-state index < -0.39 is 17.3 Å². The number of anilines is 1. The van der Waals surface area contributed by atoms with Crippen LogP contribution in [0.25, 0.3) is 5.52 Å². The predicted molar refractivity (Wildman–Crippen MR) is 123 cm³/mol. The number of nitrogens with zero attached hydrogens (tertiary/aromatic N) is 2. The van der Waals surface area contributed by atoms with Crippen LogP contribution in [0, 0.1) is 11.8 Å². The summed E-state index contributed by atoms with van der Waals surface area (Å²) in [6.45, 7) is 0.0223. The summed E-state index contributed by atoms with van der Waals surface area (Å²) in [6, 6.07) is 7.88. The van der Waals surface area contributed by atoms with Crippen LogP contribution in [0.3, 0.4) is 0 Å². The summed E-state index contributed by atoms with van der Waals surface area (Å²) in [5, 5.41) is 7.75. The van der Waals surface area contributed by atoms with Gasteiger partial charge in [-0.3, -0.25) is 9.59 Å². The molecule has 0 unspecified atom stereocenters. The van der Waals surface area contributed by atoms with Crippen molar-refractivity contribution in [2.75, 3.05) is 26.0 Å². The lowest BCUT2D eigenvalue weighted by atomic mass is 10.2. The zero-order chi connectivity index (χ0) is 24.2. The van der Waals surface area contributed by atoms with E-state index in [1.165, 1.54) is 36.8 Å². The molecule has 0 saturated carbocycles. The molecule has 3 aromatic rings. The Morgan fingerprint density at radius 1 is 1.18 bits per heavy atom. The Kier molecular flexibility index (Phi) is 7.55. The number of rotatable bonds is 5. The fourth-order valence-electron chi connectivity index (χ4n) is 2.87. The Bertz CT molecular complexity index is 1280. The Balaban J connectivity index is 1.88. The van der Waals surface area contributed by atoms with Crippen molar-refractivity contribution in [2.45, 2.75) is 10.5 Å². The second kappa shape index (κ2) is 10.2. The first-order valence-electron chi connectivity index (χ1n) is 9.38. The zero-order valence-electron chi connectivity index (χ0n) is 17.3. The van der Waals surface area contributed by atoms with Crippen molar-refractivity contribution in [1.29, 1.82) is 0 Å². The standard InChI is InChI=1S/C21H17BrF3N5O2S/c1-26-18(31)15-8-7-14(17(29-15)19(32)27-2)28-9-3-5-12-11-16-13(22)6-4-10-30(16)20(12)33-21(23,24)25/h4,6-8,10-11,28H,9H2,1-2H3,(H,26,31)(H,27,32). The van der Waals surface area contributed by atoms with Crippen LogP contribution < -0.4 is 16.0 Å². The van der Waals surface area contributed by atoms with E-state index in [0.717, 1.165) is 0 Å². The summed E-state index contributed by atoms with van der Waals surface area (Å²) < 4.78 is 41.4. The van der Waals surface area contributed by atoms with Gasteiger partial charge in [-0.15, -0.1) is 0 Å². The Morgan fingerprint density at radius 2 is 1.91 bits per heavy atom. The van der Waals surface area contributed by atoms with Gasteiger partial charge in [-0.05, 0) is 46.3 Å². The average Bonchev–Trinajstić information content (AvgIpc) is 3.12. The van der Waals surface area contributed by atoms with E-state index in [9.17, 15) is 22.8 Å². The van der Waals surface area contributed by atoms with Gasteiger partial charge in [0.05, 0.1) is 23.3 Å². The molecule has 0 atom stereocenters. The number of hydrogen-bond donors (Lipinski definition) is 3. The third kappa shape index (κ3) is 5.80. The lowest BCUT2D eigenvalue weighted by Gasteiger charge is -2.10. The molecule has 0 radical (unpaired) electrons. The van der Waals surface area contributed by atoms with Crippen molar-refractivity contribution in [3.05, 3.63) is 58.0 Å². The molecule has 3 heterocycles. The summed E-state index contributed by atoms with van der Waals surface area (Å²) in [5.41, 5.74) is -3.33. The van der Waals surface area contributed by atoms with Crippen molar-refractivity contribution >= 4 is 50.7 Å². The lowest BCUT2D eigenvalue weighted by Crippen LogP contribution is -2.25. The van der Waals surface area contributed by atoms with Crippen LogP contribution in [0.1, 0.15) is 26.5 Å². The minimum absolute atomic E-state index is 0.00717.